The van der Waals surface area contributed by atoms with Crippen LogP contribution < -0.4 is 10.2 Å². The number of benzene rings is 1. The highest BCUT2D eigenvalue weighted by molar-refractivity contribution is 6.31. The van der Waals surface area contributed by atoms with Crippen molar-refractivity contribution in [1.29, 1.82) is 0 Å². The monoisotopic (exact) mass is 257 g/mol. The second-order valence-electron chi connectivity index (χ2n) is 3.55. The first kappa shape index (κ1) is 11.2. The van der Waals surface area contributed by atoms with E-state index < -0.39 is 0 Å². The van der Waals surface area contributed by atoms with E-state index in [2.05, 4.69) is 10.3 Å². The topological polar surface area (TPSA) is 44.7 Å². The third-order valence-electron chi connectivity index (χ3n) is 2.55. The van der Waals surface area contributed by atoms with Crippen molar-refractivity contribution in [3.8, 4) is 0 Å². The zero-order valence-electron chi connectivity index (χ0n) is 8.24. The summed E-state index contributed by atoms with van der Waals surface area (Å²) in [5, 5.41) is 3.39. The van der Waals surface area contributed by atoms with Crippen molar-refractivity contribution in [3.63, 3.8) is 0 Å². The third kappa shape index (κ3) is 1.64. The van der Waals surface area contributed by atoms with Gasteiger partial charge in [0, 0.05) is 5.02 Å². The second-order valence-corrected chi connectivity index (χ2v) is 3.98. The minimum absolute atomic E-state index is 0. The van der Waals surface area contributed by atoms with Crippen LogP contribution in [0.15, 0.2) is 23.2 Å². The number of halogens is 2. The van der Waals surface area contributed by atoms with Gasteiger partial charge in [-0.1, -0.05) is 17.7 Å². The molecule has 0 aromatic heterocycles. The predicted octanol–water partition coefficient (Wildman–Crippen LogP) is 1.57. The lowest BCUT2D eigenvalue weighted by Gasteiger charge is -2.24. The van der Waals surface area contributed by atoms with Crippen LogP contribution in [0.2, 0.25) is 5.02 Å². The molecule has 0 unspecified atom stereocenters. The Kier molecular flexibility index (Phi) is 2.78. The normalized spacial score (nSPS) is 16.9. The smallest absolute Gasteiger partial charge is 0.246 e. The maximum Gasteiger partial charge on any atom is 0.246 e. The summed E-state index contributed by atoms with van der Waals surface area (Å²) in [6, 6.07) is 5.65. The van der Waals surface area contributed by atoms with Crippen molar-refractivity contribution in [2.24, 2.45) is 4.99 Å². The molecule has 1 saturated heterocycles. The summed E-state index contributed by atoms with van der Waals surface area (Å²) in [5.41, 5.74) is 2.07. The Morgan fingerprint density at radius 3 is 3.06 bits per heavy atom. The van der Waals surface area contributed by atoms with E-state index in [1.807, 2.05) is 23.1 Å². The molecule has 0 radical (unpaired) electrons. The fourth-order valence-corrected chi connectivity index (χ4v) is 2.02. The second kappa shape index (κ2) is 3.96. The van der Waals surface area contributed by atoms with Crippen LogP contribution in [0, 0.1) is 0 Å². The molecule has 16 heavy (non-hydrogen) atoms. The lowest BCUT2D eigenvalue weighted by Crippen LogP contribution is -2.33. The van der Waals surface area contributed by atoms with Crippen molar-refractivity contribution >= 4 is 41.6 Å². The molecule has 3 rings (SSSR count). The number of aliphatic imine (C=N–C) groups is 1. The van der Waals surface area contributed by atoms with Gasteiger partial charge in [0.05, 0.1) is 12.2 Å². The maximum atomic E-state index is 11.2. The van der Waals surface area contributed by atoms with Gasteiger partial charge in [-0.05, 0) is 17.7 Å². The standard InChI is InChI=1S/C10H8ClN3O.ClH/c11-7-2-1-6-4-12-10-13-9(15)5-14(10)8(6)3-7;/h1-3H,4-5H2,(H,12,13,15);1H. The van der Waals surface area contributed by atoms with Gasteiger partial charge >= 0.3 is 0 Å². The van der Waals surface area contributed by atoms with Crippen LogP contribution in [0.1, 0.15) is 5.56 Å². The van der Waals surface area contributed by atoms with Crippen LogP contribution >= 0.6 is 24.0 Å². The van der Waals surface area contributed by atoms with Crippen LogP contribution in [0.4, 0.5) is 5.69 Å². The van der Waals surface area contributed by atoms with E-state index >= 15 is 0 Å². The number of nitrogens with zero attached hydrogens (tertiary/aromatic N) is 2. The van der Waals surface area contributed by atoms with Gasteiger partial charge in [0.15, 0.2) is 0 Å². The van der Waals surface area contributed by atoms with Gasteiger partial charge in [0.25, 0.3) is 0 Å². The molecule has 0 aliphatic carbocycles. The number of rotatable bonds is 0. The first-order valence-electron chi connectivity index (χ1n) is 4.64. The molecular weight excluding hydrogens is 249 g/mol. The number of carbonyl (C=O) groups is 1. The molecule has 1 aromatic rings. The highest BCUT2D eigenvalue weighted by Gasteiger charge is 2.30. The molecule has 1 amide bonds. The van der Waals surface area contributed by atoms with E-state index in [4.69, 9.17) is 11.6 Å². The number of nitrogens with one attached hydrogen (secondary N) is 1. The number of anilines is 1. The SMILES string of the molecule is Cl.O=C1CN2C(=NCc3ccc(Cl)cc32)N1. The average Bonchev–Trinajstić information content (AvgIpc) is 2.58. The Bertz CT molecular complexity index is 487. The minimum atomic E-state index is -0.0263. The third-order valence-corrected chi connectivity index (χ3v) is 2.78. The summed E-state index contributed by atoms with van der Waals surface area (Å²) < 4.78 is 0. The van der Waals surface area contributed by atoms with Gasteiger partial charge in [-0.25, -0.2) is 4.99 Å². The van der Waals surface area contributed by atoms with E-state index in [0.29, 0.717) is 24.1 Å². The van der Waals surface area contributed by atoms with Crippen molar-refractivity contribution in [3.05, 3.63) is 28.8 Å². The van der Waals surface area contributed by atoms with Gasteiger partial charge in [-0.3, -0.25) is 10.1 Å². The first-order chi connectivity index (χ1) is 7.24. The van der Waals surface area contributed by atoms with Gasteiger partial charge in [-0.2, -0.15) is 0 Å². The van der Waals surface area contributed by atoms with Crippen LogP contribution in [0.25, 0.3) is 0 Å². The van der Waals surface area contributed by atoms with Gasteiger partial charge in [0.1, 0.15) is 6.54 Å². The summed E-state index contributed by atoms with van der Waals surface area (Å²) in [4.78, 5) is 17.4. The van der Waals surface area contributed by atoms with Crippen molar-refractivity contribution in [2.45, 2.75) is 6.54 Å². The highest BCUT2D eigenvalue weighted by atomic mass is 35.5. The van der Waals surface area contributed by atoms with E-state index in [1.165, 1.54) is 0 Å². The van der Waals surface area contributed by atoms with E-state index in [9.17, 15) is 4.79 Å². The predicted molar refractivity (Wildman–Crippen MR) is 65.3 cm³/mol. The molecule has 2 aliphatic heterocycles. The Labute approximate surface area is 104 Å². The Hall–Kier alpha value is -1.26. The molecule has 0 saturated carbocycles. The number of fused-ring (bicyclic) bond motifs is 3. The molecule has 1 fully saturated rings. The van der Waals surface area contributed by atoms with Crippen molar-refractivity contribution < 1.29 is 4.79 Å². The van der Waals surface area contributed by atoms with E-state index in [-0.39, 0.29) is 18.3 Å². The summed E-state index contributed by atoms with van der Waals surface area (Å²) in [7, 11) is 0. The quantitative estimate of drug-likeness (QED) is 0.767. The largest absolute Gasteiger partial charge is 0.303 e. The Morgan fingerprint density at radius 2 is 2.25 bits per heavy atom. The molecule has 2 aliphatic rings. The number of amides is 1. The Morgan fingerprint density at radius 1 is 1.44 bits per heavy atom. The molecule has 1 N–H and O–H groups in total. The summed E-state index contributed by atoms with van der Waals surface area (Å²) in [5.74, 6) is 0.608. The summed E-state index contributed by atoms with van der Waals surface area (Å²) in [6.45, 7) is 0.921. The number of hydrogen-bond acceptors (Lipinski definition) is 3. The highest BCUT2D eigenvalue weighted by Crippen LogP contribution is 2.29. The number of carbonyl (C=O) groups excluding carboxylic acids is 1. The lowest BCUT2D eigenvalue weighted by molar-refractivity contribution is -0.117. The summed E-state index contributed by atoms with van der Waals surface area (Å²) >= 11 is 5.93. The molecule has 0 spiro atoms. The average molecular weight is 258 g/mol. The fourth-order valence-electron chi connectivity index (χ4n) is 1.86. The molecule has 6 heteroatoms. The zero-order valence-corrected chi connectivity index (χ0v) is 9.81. The molecule has 0 bridgehead atoms. The van der Waals surface area contributed by atoms with Gasteiger partial charge in [0.2, 0.25) is 11.9 Å². The van der Waals surface area contributed by atoms with Crippen LogP contribution in [-0.2, 0) is 11.3 Å². The minimum Gasteiger partial charge on any atom is -0.303 e. The van der Waals surface area contributed by atoms with Crippen molar-refractivity contribution in [2.75, 3.05) is 11.4 Å². The number of hydrogen-bond donors (Lipinski definition) is 1. The molecule has 4 nitrogen and oxygen atoms in total. The maximum absolute atomic E-state index is 11.2. The van der Waals surface area contributed by atoms with Gasteiger partial charge in [-0.15, -0.1) is 12.4 Å². The fraction of sp³-hybridized carbons (Fsp3) is 0.200. The molecular formula is C10H9Cl2N3O. The van der Waals surface area contributed by atoms with Crippen molar-refractivity contribution in [1.82, 2.24) is 5.32 Å². The van der Waals surface area contributed by atoms with E-state index in [1.54, 1.807) is 0 Å². The molecule has 1 aromatic carbocycles. The first-order valence-corrected chi connectivity index (χ1v) is 5.02. The van der Waals surface area contributed by atoms with Gasteiger partial charge < -0.3 is 4.90 Å². The zero-order chi connectivity index (χ0) is 10.4. The molecule has 2 heterocycles. The van der Waals surface area contributed by atoms with Crippen LogP contribution in [0.3, 0.4) is 0 Å². The summed E-state index contributed by atoms with van der Waals surface area (Å²) in [6.07, 6.45) is 0. The van der Waals surface area contributed by atoms with Crippen LogP contribution in [0.5, 0.6) is 0 Å². The number of guanidine groups is 1. The lowest BCUT2D eigenvalue weighted by atomic mass is 10.1. The molecule has 0 atom stereocenters. The molecule has 84 valence electrons. The van der Waals surface area contributed by atoms with E-state index in [0.717, 1.165) is 11.3 Å². The van der Waals surface area contributed by atoms with Crippen LogP contribution in [-0.4, -0.2) is 18.4 Å². The Balaban J connectivity index is 0.000000963.